The van der Waals surface area contributed by atoms with Crippen LogP contribution in [0.15, 0.2) is 34.9 Å². The second-order valence-electron chi connectivity index (χ2n) is 4.37. The van der Waals surface area contributed by atoms with Gasteiger partial charge in [-0.2, -0.15) is 0 Å². The molecule has 0 aliphatic heterocycles. The first-order valence-electron chi connectivity index (χ1n) is 6.27. The average Bonchev–Trinajstić information content (AvgIpc) is 2.83. The molecule has 19 heavy (non-hydrogen) atoms. The van der Waals surface area contributed by atoms with Crippen molar-refractivity contribution < 1.29 is 9.15 Å². The van der Waals surface area contributed by atoms with Crippen molar-refractivity contribution in [2.45, 2.75) is 19.9 Å². The molecule has 0 aliphatic rings. The third kappa shape index (κ3) is 3.11. The van der Waals surface area contributed by atoms with E-state index in [1.165, 1.54) is 0 Å². The van der Waals surface area contributed by atoms with Crippen molar-refractivity contribution in [1.82, 2.24) is 5.32 Å². The van der Waals surface area contributed by atoms with Crippen LogP contribution in [0.5, 0.6) is 5.75 Å². The number of rotatable bonds is 5. The Hall–Kier alpha value is -1.45. The van der Waals surface area contributed by atoms with Gasteiger partial charge >= 0.3 is 0 Å². The van der Waals surface area contributed by atoms with E-state index in [9.17, 15) is 0 Å². The Kier molecular flexibility index (Phi) is 4.51. The Morgan fingerprint density at radius 2 is 2.16 bits per heavy atom. The normalized spacial score (nSPS) is 12.4. The Morgan fingerprint density at radius 3 is 2.68 bits per heavy atom. The molecular formula is C15H18ClNO2. The number of methoxy groups -OCH3 is 1. The first-order chi connectivity index (χ1) is 9.15. The average molecular weight is 280 g/mol. The summed E-state index contributed by atoms with van der Waals surface area (Å²) in [4.78, 5) is 0. The fourth-order valence-corrected chi connectivity index (χ4v) is 2.38. The van der Waals surface area contributed by atoms with Gasteiger partial charge in [0, 0.05) is 10.6 Å². The molecule has 4 heteroatoms. The first-order valence-corrected chi connectivity index (χ1v) is 6.65. The predicted octanol–water partition coefficient (Wildman–Crippen LogP) is 3.95. The summed E-state index contributed by atoms with van der Waals surface area (Å²) < 4.78 is 10.6. The molecule has 2 rings (SSSR count). The lowest BCUT2D eigenvalue weighted by Gasteiger charge is -2.18. The topological polar surface area (TPSA) is 34.4 Å². The molecule has 1 aromatic carbocycles. The van der Waals surface area contributed by atoms with Crippen LogP contribution in [0.3, 0.4) is 0 Å². The number of furan rings is 1. The Bertz CT molecular complexity index is 551. The van der Waals surface area contributed by atoms with E-state index in [4.69, 9.17) is 20.8 Å². The molecule has 0 amide bonds. The summed E-state index contributed by atoms with van der Waals surface area (Å²) in [6.07, 6.45) is 1.77. The molecule has 1 N–H and O–H groups in total. The highest BCUT2D eigenvalue weighted by Crippen LogP contribution is 2.31. The molecule has 0 saturated carbocycles. The fourth-order valence-electron chi connectivity index (χ4n) is 2.10. The van der Waals surface area contributed by atoms with Crippen LogP contribution in [-0.2, 0) is 0 Å². The lowest BCUT2D eigenvalue weighted by Crippen LogP contribution is -2.21. The summed E-state index contributed by atoms with van der Waals surface area (Å²) in [5, 5.41) is 4.11. The maximum absolute atomic E-state index is 6.34. The van der Waals surface area contributed by atoms with E-state index in [0.29, 0.717) is 5.02 Å². The zero-order chi connectivity index (χ0) is 13.8. The van der Waals surface area contributed by atoms with Crippen molar-refractivity contribution >= 4 is 11.6 Å². The summed E-state index contributed by atoms with van der Waals surface area (Å²) in [5.74, 6) is 1.65. The predicted molar refractivity (Wildman–Crippen MR) is 77.0 cm³/mol. The number of nitrogens with one attached hydrogen (secondary N) is 1. The van der Waals surface area contributed by atoms with E-state index in [0.717, 1.165) is 29.2 Å². The molecule has 1 unspecified atom stereocenters. The Balaban J connectivity index is 2.39. The molecule has 2 aromatic rings. The van der Waals surface area contributed by atoms with E-state index in [-0.39, 0.29) is 6.04 Å². The second kappa shape index (κ2) is 6.13. The Labute approximate surface area is 118 Å². The third-order valence-corrected chi connectivity index (χ3v) is 3.34. The van der Waals surface area contributed by atoms with Crippen LogP contribution in [0, 0.1) is 6.92 Å². The van der Waals surface area contributed by atoms with Gasteiger partial charge in [-0.3, -0.25) is 0 Å². The van der Waals surface area contributed by atoms with E-state index >= 15 is 0 Å². The zero-order valence-corrected chi connectivity index (χ0v) is 12.1. The van der Waals surface area contributed by atoms with Gasteiger partial charge in [-0.25, -0.2) is 0 Å². The number of ether oxygens (including phenoxy) is 1. The number of hydrogen-bond acceptors (Lipinski definition) is 3. The van der Waals surface area contributed by atoms with Crippen molar-refractivity contribution in [1.29, 1.82) is 0 Å². The van der Waals surface area contributed by atoms with Crippen LogP contribution in [0.2, 0.25) is 5.02 Å². The highest BCUT2D eigenvalue weighted by molar-refractivity contribution is 6.31. The molecule has 1 heterocycles. The third-order valence-electron chi connectivity index (χ3n) is 3.01. The fraction of sp³-hybridized carbons (Fsp3) is 0.333. The summed E-state index contributed by atoms with van der Waals surface area (Å²) >= 11 is 6.34. The van der Waals surface area contributed by atoms with Gasteiger partial charge < -0.3 is 14.5 Å². The SMILES string of the molecule is CCNC(c1coc(C)c1)c1ccc(OC)cc1Cl. The van der Waals surface area contributed by atoms with Gasteiger partial charge in [-0.1, -0.05) is 24.6 Å². The molecule has 0 spiro atoms. The van der Waals surface area contributed by atoms with E-state index in [1.807, 2.05) is 31.2 Å². The highest BCUT2D eigenvalue weighted by Gasteiger charge is 2.18. The molecule has 0 radical (unpaired) electrons. The maximum atomic E-state index is 6.34. The van der Waals surface area contributed by atoms with Gasteiger partial charge in [-0.15, -0.1) is 0 Å². The van der Waals surface area contributed by atoms with Crippen molar-refractivity contribution in [3.8, 4) is 5.75 Å². The lowest BCUT2D eigenvalue weighted by molar-refractivity contribution is 0.414. The highest BCUT2D eigenvalue weighted by atomic mass is 35.5. The molecular weight excluding hydrogens is 262 g/mol. The van der Waals surface area contributed by atoms with Crippen LogP contribution < -0.4 is 10.1 Å². The minimum Gasteiger partial charge on any atom is -0.497 e. The van der Waals surface area contributed by atoms with Crippen LogP contribution in [0.4, 0.5) is 0 Å². The second-order valence-corrected chi connectivity index (χ2v) is 4.78. The first kappa shape index (κ1) is 14.0. The number of halogens is 1. The Morgan fingerprint density at radius 1 is 1.37 bits per heavy atom. The van der Waals surface area contributed by atoms with Gasteiger partial charge in [0.1, 0.15) is 11.5 Å². The van der Waals surface area contributed by atoms with Gasteiger partial charge in [-0.05, 0) is 37.2 Å². The van der Waals surface area contributed by atoms with Crippen LogP contribution in [-0.4, -0.2) is 13.7 Å². The molecule has 1 atom stereocenters. The zero-order valence-electron chi connectivity index (χ0n) is 11.4. The van der Waals surface area contributed by atoms with Crippen LogP contribution >= 0.6 is 11.6 Å². The summed E-state index contributed by atoms with van der Waals surface area (Å²) in [5.41, 5.74) is 2.09. The van der Waals surface area contributed by atoms with Crippen molar-refractivity contribution in [2.24, 2.45) is 0 Å². The largest absolute Gasteiger partial charge is 0.497 e. The summed E-state index contributed by atoms with van der Waals surface area (Å²) in [7, 11) is 1.63. The summed E-state index contributed by atoms with van der Waals surface area (Å²) in [6.45, 7) is 4.84. The van der Waals surface area contributed by atoms with Crippen molar-refractivity contribution in [2.75, 3.05) is 13.7 Å². The molecule has 0 saturated heterocycles. The minimum atomic E-state index is 0.0286. The quantitative estimate of drug-likeness (QED) is 0.900. The number of benzene rings is 1. The van der Waals surface area contributed by atoms with E-state index in [2.05, 4.69) is 12.2 Å². The molecule has 1 aromatic heterocycles. The maximum Gasteiger partial charge on any atom is 0.120 e. The van der Waals surface area contributed by atoms with Crippen LogP contribution in [0.1, 0.15) is 29.9 Å². The van der Waals surface area contributed by atoms with Crippen molar-refractivity contribution in [3.05, 3.63) is 52.4 Å². The lowest BCUT2D eigenvalue weighted by atomic mass is 10.0. The standard InChI is InChI=1S/C15H18ClNO2/c1-4-17-15(11-7-10(2)19-9-11)13-6-5-12(18-3)8-14(13)16/h5-9,15,17H,4H2,1-3H3. The molecule has 102 valence electrons. The summed E-state index contributed by atoms with van der Waals surface area (Å²) in [6, 6.07) is 7.78. The minimum absolute atomic E-state index is 0.0286. The van der Waals surface area contributed by atoms with Crippen molar-refractivity contribution in [3.63, 3.8) is 0 Å². The van der Waals surface area contributed by atoms with Gasteiger partial charge in [0.25, 0.3) is 0 Å². The number of hydrogen-bond donors (Lipinski definition) is 1. The van der Waals surface area contributed by atoms with Gasteiger partial charge in [0.15, 0.2) is 0 Å². The molecule has 0 fully saturated rings. The van der Waals surface area contributed by atoms with E-state index in [1.54, 1.807) is 13.4 Å². The van der Waals surface area contributed by atoms with Gasteiger partial charge in [0.2, 0.25) is 0 Å². The molecule has 3 nitrogen and oxygen atoms in total. The van der Waals surface area contributed by atoms with E-state index < -0.39 is 0 Å². The monoisotopic (exact) mass is 279 g/mol. The number of aryl methyl sites for hydroxylation is 1. The van der Waals surface area contributed by atoms with Crippen LogP contribution in [0.25, 0.3) is 0 Å². The smallest absolute Gasteiger partial charge is 0.120 e. The molecule has 0 aliphatic carbocycles. The molecule has 0 bridgehead atoms. The van der Waals surface area contributed by atoms with Gasteiger partial charge in [0.05, 0.1) is 19.4 Å².